The van der Waals surface area contributed by atoms with E-state index in [-0.39, 0.29) is 5.56 Å². The van der Waals surface area contributed by atoms with E-state index in [2.05, 4.69) is 34.8 Å². The molecule has 4 heterocycles. The maximum atomic E-state index is 12.9. The molecule has 0 amide bonds. The topological polar surface area (TPSA) is 51.0 Å². The highest BCUT2D eigenvalue weighted by atomic mass is 16.1. The second-order valence-corrected chi connectivity index (χ2v) is 8.48. The van der Waals surface area contributed by atoms with Gasteiger partial charge in [-0.05, 0) is 43.7 Å². The number of hydrogen-bond donors (Lipinski definition) is 0. The quantitative estimate of drug-likeness (QED) is 0.852. The molecule has 0 N–H and O–H groups in total. The molecule has 0 aromatic carbocycles. The summed E-state index contributed by atoms with van der Waals surface area (Å²) in [4.78, 5) is 24.3. The van der Waals surface area contributed by atoms with Gasteiger partial charge in [0.15, 0.2) is 0 Å². The van der Waals surface area contributed by atoms with Gasteiger partial charge in [-0.1, -0.05) is 13.8 Å². The van der Waals surface area contributed by atoms with Gasteiger partial charge in [-0.15, -0.1) is 0 Å². The lowest BCUT2D eigenvalue weighted by molar-refractivity contribution is 0.109. The molecule has 1 saturated heterocycles. The van der Waals surface area contributed by atoms with Gasteiger partial charge in [0, 0.05) is 55.6 Å². The fourth-order valence-corrected chi connectivity index (χ4v) is 4.68. The second kappa shape index (κ2) is 6.62. The maximum Gasteiger partial charge on any atom is 0.251 e. The van der Waals surface area contributed by atoms with Crippen LogP contribution in [-0.4, -0.2) is 39.1 Å². The van der Waals surface area contributed by atoms with Crippen LogP contribution in [0.4, 0.5) is 0 Å². The zero-order chi connectivity index (χ0) is 18.4. The third kappa shape index (κ3) is 3.20. The zero-order valence-electron chi connectivity index (χ0n) is 16.2. The summed E-state index contributed by atoms with van der Waals surface area (Å²) in [5, 5.41) is 0. The van der Waals surface area contributed by atoms with Crippen LogP contribution in [0.1, 0.15) is 43.3 Å². The molecule has 5 heteroatoms. The SMILES string of the molecule is Cc1ncc(C)c(-c2cc3n(c(=O)c2)C[C@H]2C[C@@H]3CN(CC(C)C)C2)n1. The standard InChI is InChI=1S/C21H28N4O/c1-13(2)9-24-10-16-5-18(12-24)19-6-17(7-20(26)25(19)11-16)21-14(3)8-22-15(4)23-21/h6-8,13,16,18H,5,9-12H2,1-4H3/t16-,18+/m0/s1. The molecule has 2 atom stereocenters. The number of pyridine rings is 1. The van der Waals surface area contributed by atoms with E-state index in [1.165, 1.54) is 12.1 Å². The van der Waals surface area contributed by atoms with Crippen molar-refractivity contribution < 1.29 is 0 Å². The number of nitrogens with zero attached hydrogens (tertiary/aromatic N) is 4. The van der Waals surface area contributed by atoms with Gasteiger partial charge in [-0.3, -0.25) is 4.79 Å². The van der Waals surface area contributed by atoms with Gasteiger partial charge in [-0.25, -0.2) is 9.97 Å². The summed E-state index contributed by atoms with van der Waals surface area (Å²) in [5.74, 6) is 2.45. The number of fused-ring (bicyclic) bond motifs is 4. The average molecular weight is 352 g/mol. The van der Waals surface area contributed by atoms with E-state index < -0.39 is 0 Å². The second-order valence-electron chi connectivity index (χ2n) is 8.48. The Morgan fingerprint density at radius 1 is 1.19 bits per heavy atom. The first-order valence-corrected chi connectivity index (χ1v) is 9.68. The van der Waals surface area contributed by atoms with E-state index in [9.17, 15) is 4.79 Å². The molecule has 26 heavy (non-hydrogen) atoms. The monoisotopic (exact) mass is 352 g/mol. The van der Waals surface area contributed by atoms with Crippen molar-refractivity contribution in [2.24, 2.45) is 11.8 Å². The van der Waals surface area contributed by atoms with Gasteiger partial charge >= 0.3 is 0 Å². The number of aryl methyl sites for hydroxylation is 2. The predicted octanol–water partition coefficient (Wildman–Crippen LogP) is 3.00. The summed E-state index contributed by atoms with van der Waals surface area (Å²) in [6, 6.07) is 3.96. The van der Waals surface area contributed by atoms with Crippen LogP contribution in [0.2, 0.25) is 0 Å². The van der Waals surface area contributed by atoms with Crippen LogP contribution in [-0.2, 0) is 6.54 Å². The van der Waals surface area contributed by atoms with Crippen LogP contribution in [0.25, 0.3) is 11.3 Å². The molecular weight excluding hydrogens is 324 g/mol. The fraction of sp³-hybridized carbons (Fsp3) is 0.571. The van der Waals surface area contributed by atoms with Crippen LogP contribution in [0.5, 0.6) is 0 Å². The van der Waals surface area contributed by atoms with E-state index >= 15 is 0 Å². The summed E-state index contributed by atoms with van der Waals surface area (Å²) in [6.45, 7) is 12.6. The smallest absolute Gasteiger partial charge is 0.251 e. The van der Waals surface area contributed by atoms with Crippen molar-refractivity contribution in [3.8, 4) is 11.3 Å². The Bertz CT molecular complexity index is 886. The molecular formula is C21H28N4O. The molecule has 2 aromatic rings. The Morgan fingerprint density at radius 2 is 2.00 bits per heavy atom. The Balaban J connectivity index is 1.75. The summed E-state index contributed by atoms with van der Waals surface area (Å²) in [6.07, 6.45) is 3.04. The molecule has 0 saturated carbocycles. The molecule has 4 rings (SSSR count). The highest BCUT2D eigenvalue weighted by Crippen LogP contribution is 2.36. The molecule has 0 unspecified atom stereocenters. The normalized spacial score (nSPS) is 22.5. The number of likely N-dealkylation sites (tertiary alicyclic amines) is 1. The molecule has 0 aliphatic carbocycles. The molecule has 2 aliphatic heterocycles. The third-order valence-electron chi connectivity index (χ3n) is 5.62. The van der Waals surface area contributed by atoms with Crippen molar-refractivity contribution >= 4 is 0 Å². The van der Waals surface area contributed by atoms with E-state index in [0.29, 0.717) is 17.8 Å². The Labute approximate surface area is 155 Å². The van der Waals surface area contributed by atoms with Crippen molar-refractivity contribution in [1.29, 1.82) is 0 Å². The van der Waals surface area contributed by atoms with Crippen LogP contribution in [0.15, 0.2) is 23.1 Å². The van der Waals surface area contributed by atoms with E-state index in [0.717, 1.165) is 48.8 Å². The van der Waals surface area contributed by atoms with Crippen molar-refractivity contribution in [2.75, 3.05) is 19.6 Å². The average Bonchev–Trinajstić information content (AvgIpc) is 2.57. The Morgan fingerprint density at radius 3 is 2.77 bits per heavy atom. The van der Waals surface area contributed by atoms with Crippen molar-refractivity contribution in [1.82, 2.24) is 19.4 Å². The molecule has 138 valence electrons. The Kier molecular flexibility index (Phi) is 4.43. The van der Waals surface area contributed by atoms with Crippen LogP contribution >= 0.6 is 0 Å². The summed E-state index contributed by atoms with van der Waals surface area (Å²) < 4.78 is 2.01. The van der Waals surface area contributed by atoms with Crippen LogP contribution < -0.4 is 5.56 Å². The van der Waals surface area contributed by atoms with E-state index in [1.54, 1.807) is 6.07 Å². The number of aromatic nitrogens is 3. The van der Waals surface area contributed by atoms with E-state index in [4.69, 9.17) is 0 Å². The van der Waals surface area contributed by atoms with Gasteiger partial charge in [0.2, 0.25) is 0 Å². The molecule has 2 aliphatic rings. The fourth-order valence-electron chi connectivity index (χ4n) is 4.68. The summed E-state index contributed by atoms with van der Waals surface area (Å²) in [5.41, 5.74) is 4.13. The molecule has 1 fully saturated rings. The number of piperidine rings is 1. The molecule has 0 spiro atoms. The van der Waals surface area contributed by atoms with Gasteiger partial charge in [0.05, 0.1) is 5.69 Å². The molecule has 0 radical (unpaired) electrons. The number of rotatable bonds is 3. The first-order chi connectivity index (χ1) is 12.4. The minimum Gasteiger partial charge on any atom is -0.312 e. The lowest BCUT2D eigenvalue weighted by atomic mass is 9.82. The minimum atomic E-state index is 0.111. The zero-order valence-corrected chi connectivity index (χ0v) is 16.2. The lowest BCUT2D eigenvalue weighted by Crippen LogP contribution is -2.48. The summed E-state index contributed by atoms with van der Waals surface area (Å²) >= 11 is 0. The third-order valence-corrected chi connectivity index (χ3v) is 5.62. The lowest BCUT2D eigenvalue weighted by Gasteiger charge is -2.43. The molecule has 5 nitrogen and oxygen atoms in total. The highest BCUT2D eigenvalue weighted by molar-refractivity contribution is 5.62. The first kappa shape index (κ1) is 17.4. The van der Waals surface area contributed by atoms with E-state index in [1.807, 2.05) is 24.6 Å². The van der Waals surface area contributed by atoms with Crippen molar-refractivity contribution in [3.05, 3.63) is 45.8 Å². The maximum absolute atomic E-state index is 12.9. The van der Waals surface area contributed by atoms with Gasteiger partial charge in [0.1, 0.15) is 5.82 Å². The predicted molar refractivity (Wildman–Crippen MR) is 103 cm³/mol. The van der Waals surface area contributed by atoms with Gasteiger partial charge < -0.3 is 9.47 Å². The van der Waals surface area contributed by atoms with Crippen molar-refractivity contribution in [2.45, 2.75) is 46.6 Å². The largest absolute Gasteiger partial charge is 0.312 e. The van der Waals surface area contributed by atoms with Crippen molar-refractivity contribution in [3.63, 3.8) is 0 Å². The van der Waals surface area contributed by atoms with Crippen LogP contribution in [0, 0.1) is 25.7 Å². The van der Waals surface area contributed by atoms with Crippen LogP contribution in [0.3, 0.4) is 0 Å². The summed E-state index contributed by atoms with van der Waals surface area (Å²) in [7, 11) is 0. The highest BCUT2D eigenvalue weighted by Gasteiger charge is 2.35. The van der Waals surface area contributed by atoms with Gasteiger partial charge in [0.25, 0.3) is 5.56 Å². The molecule has 2 aromatic heterocycles. The molecule has 2 bridgehead atoms. The number of hydrogen-bond acceptors (Lipinski definition) is 4. The Hall–Kier alpha value is -2.01. The minimum absolute atomic E-state index is 0.111. The first-order valence-electron chi connectivity index (χ1n) is 9.68. The van der Waals surface area contributed by atoms with Gasteiger partial charge in [-0.2, -0.15) is 0 Å².